The summed E-state index contributed by atoms with van der Waals surface area (Å²) in [6.45, 7) is -0.337. The molecule has 3 N–H and O–H groups in total. The number of carboxylic acid groups (broad SMARTS) is 1. The summed E-state index contributed by atoms with van der Waals surface area (Å²) < 4.78 is 7.05. The maximum atomic E-state index is 11.2. The molecular formula is C14H9ClN6O3S. The number of nitrogen functional groups attached to an aromatic ring is 1. The van der Waals surface area contributed by atoms with E-state index >= 15 is 0 Å². The van der Waals surface area contributed by atoms with Crippen molar-refractivity contribution in [3.8, 4) is 0 Å². The van der Waals surface area contributed by atoms with E-state index in [0.29, 0.717) is 32.4 Å². The molecule has 4 aromatic rings. The zero-order chi connectivity index (χ0) is 17.6. The molecule has 0 aliphatic rings. The molecular weight excluding hydrogens is 368 g/mol. The molecule has 0 atom stereocenters. The largest absolute Gasteiger partial charge is 0.480 e. The first kappa shape index (κ1) is 15.7. The highest BCUT2D eigenvalue weighted by Gasteiger charge is 2.20. The van der Waals surface area contributed by atoms with Gasteiger partial charge in [0.15, 0.2) is 27.7 Å². The van der Waals surface area contributed by atoms with E-state index in [1.807, 2.05) is 0 Å². The highest BCUT2D eigenvalue weighted by atomic mass is 35.5. The van der Waals surface area contributed by atoms with Crippen molar-refractivity contribution in [1.82, 2.24) is 24.5 Å². The molecule has 126 valence electrons. The summed E-state index contributed by atoms with van der Waals surface area (Å²) in [6, 6.07) is 5.22. The van der Waals surface area contributed by atoms with E-state index in [4.69, 9.17) is 26.9 Å². The highest BCUT2D eigenvalue weighted by molar-refractivity contribution is 7.99. The summed E-state index contributed by atoms with van der Waals surface area (Å²) in [5.74, 6) is -0.879. The van der Waals surface area contributed by atoms with Gasteiger partial charge in [0.25, 0.3) is 5.22 Å². The summed E-state index contributed by atoms with van der Waals surface area (Å²) in [5.41, 5.74) is 7.49. The minimum Gasteiger partial charge on any atom is -0.480 e. The first-order valence-electron chi connectivity index (χ1n) is 6.94. The summed E-state index contributed by atoms with van der Waals surface area (Å²) in [6.07, 6.45) is 1.26. The number of nitrogens with zero attached hydrogens (tertiary/aromatic N) is 5. The molecule has 0 bridgehead atoms. The minimum atomic E-state index is -1.04. The standard InChI is InChI=1S/C14H9ClN6O3S/c15-6-2-1-3-7-10(6)24-14(19-7)25-13-20-9-11(16)17-5-18-12(9)21(13)4-8(22)23/h1-3,5H,4H2,(H,22,23)(H2,16,17,18). The molecule has 3 aromatic heterocycles. The topological polar surface area (TPSA) is 133 Å². The molecule has 25 heavy (non-hydrogen) atoms. The van der Waals surface area contributed by atoms with Gasteiger partial charge in [0.1, 0.15) is 18.4 Å². The molecule has 0 radical (unpaired) electrons. The van der Waals surface area contributed by atoms with E-state index in [9.17, 15) is 4.79 Å². The number of halogens is 1. The Bertz CT molecular complexity index is 1120. The van der Waals surface area contributed by atoms with Crippen LogP contribution in [-0.4, -0.2) is 35.6 Å². The van der Waals surface area contributed by atoms with Crippen LogP contribution >= 0.6 is 23.4 Å². The Balaban J connectivity index is 1.83. The van der Waals surface area contributed by atoms with E-state index in [1.54, 1.807) is 18.2 Å². The average Bonchev–Trinajstić information content (AvgIpc) is 3.12. The molecule has 9 nitrogen and oxygen atoms in total. The molecule has 3 heterocycles. The first-order valence-corrected chi connectivity index (χ1v) is 8.14. The first-order chi connectivity index (χ1) is 12.0. The fourth-order valence-electron chi connectivity index (χ4n) is 2.31. The number of nitrogens with two attached hydrogens (primary N) is 1. The van der Waals surface area contributed by atoms with Crippen LogP contribution in [0.2, 0.25) is 5.02 Å². The number of oxazole rings is 1. The van der Waals surface area contributed by atoms with Crippen molar-refractivity contribution < 1.29 is 14.3 Å². The van der Waals surface area contributed by atoms with Gasteiger partial charge in [0.05, 0.1) is 5.02 Å². The summed E-state index contributed by atoms with van der Waals surface area (Å²) in [7, 11) is 0. The monoisotopic (exact) mass is 376 g/mol. The van der Waals surface area contributed by atoms with Crippen LogP contribution < -0.4 is 5.73 Å². The van der Waals surface area contributed by atoms with Crippen molar-refractivity contribution >= 4 is 57.4 Å². The smallest absolute Gasteiger partial charge is 0.323 e. The van der Waals surface area contributed by atoms with Crippen molar-refractivity contribution in [2.75, 3.05) is 5.73 Å². The Kier molecular flexibility index (Phi) is 3.70. The number of aliphatic carboxylic acids is 1. The third-order valence-electron chi connectivity index (χ3n) is 3.34. The zero-order valence-electron chi connectivity index (χ0n) is 12.4. The number of fused-ring (bicyclic) bond motifs is 2. The van der Waals surface area contributed by atoms with Crippen LogP contribution in [0.15, 0.2) is 39.3 Å². The van der Waals surface area contributed by atoms with Crippen LogP contribution in [-0.2, 0) is 11.3 Å². The number of hydrogen-bond acceptors (Lipinski definition) is 8. The summed E-state index contributed by atoms with van der Waals surface area (Å²) in [5, 5.41) is 10.2. The molecule has 0 saturated carbocycles. The summed E-state index contributed by atoms with van der Waals surface area (Å²) in [4.78, 5) is 27.8. The van der Waals surface area contributed by atoms with Gasteiger partial charge in [-0.3, -0.25) is 9.36 Å². The van der Waals surface area contributed by atoms with E-state index < -0.39 is 5.97 Å². The van der Waals surface area contributed by atoms with Gasteiger partial charge in [0, 0.05) is 11.8 Å². The average molecular weight is 377 g/mol. The second-order valence-corrected chi connectivity index (χ2v) is 6.30. The minimum absolute atomic E-state index is 0.164. The number of carboxylic acids is 1. The van der Waals surface area contributed by atoms with Crippen LogP contribution in [0.3, 0.4) is 0 Å². The van der Waals surface area contributed by atoms with Crippen molar-refractivity contribution in [3.63, 3.8) is 0 Å². The Morgan fingerprint density at radius 2 is 2.20 bits per heavy atom. The lowest BCUT2D eigenvalue weighted by atomic mass is 10.3. The van der Waals surface area contributed by atoms with E-state index in [1.165, 1.54) is 10.9 Å². The number of aromatic nitrogens is 5. The molecule has 4 rings (SSSR count). The molecule has 11 heteroatoms. The molecule has 0 fully saturated rings. The second kappa shape index (κ2) is 5.90. The number of carbonyl (C=O) groups is 1. The predicted octanol–water partition coefficient (Wildman–Crippen LogP) is 2.44. The third-order valence-corrected chi connectivity index (χ3v) is 4.49. The quantitative estimate of drug-likeness (QED) is 0.550. The van der Waals surface area contributed by atoms with Crippen LogP contribution in [0.25, 0.3) is 22.3 Å². The number of anilines is 1. The van der Waals surface area contributed by atoms with E-state index in [-0.39, 0.29) is 17.6 Å². The lowest BCUT2D eigenvalue weighted by molar-refractivity contribution is -0.137. The third kappa shape index (κ3) is 2.75. The van der Waals surface area contributed by atoms with Gasteiger partial charge in [-0.25, -0.2) is 19.9 Å². The SMILES string of the molecule is Nc1ncnc2c1nc(Sc1nc3cccc(Cl)c3o1)n2CC(=O)O. The number of rotatable bonds is 4. The molecule has 0 aliphatic carbocycles. The van der Waals surface area contributed by atoms with Gasteiger partial charge < -0.3 is 15.3 Å². The van der Waals surface area contributed by atoms with Gasteiger partial charge in [-0.15, -0.1) is 0 Å². The Hall–Kier alpha value is -2.85. The van der Waals surface area contributed by atoms with E-state index in [2.05, 4.69) is 19.9 Å². The maximum absolute atomic E-state index is 11.2. The fraction of sp³-hybridized carbons (Fsp3) is 0.0714. The number of benzene rings is 1. The second-order valence-electron chi connectivity index (χ2n) is 4.98. The van der Waals surface area contributed by atoms with Crippen LogP contribution in [0.4, 0.5) is 5.82 Å². The predicted molar refractivity (Wildman–Crippen MR) is 90.5 cm³/mol. The van der Waals surface area contributed by atoms with Crippen LogP contribution in [0.5, 0.6) is 0 Å². The number of para-hydroxylation sites is 1. The van der Waals surface area contributed by atoms with Crippen molar-refractivity contribution in [3.05, 3.63) is 29.5 Å². The molecule has 0 aliphatic heterocycles. The Morgan fingerprint density at radius 1 is 1.36 bits per heavy atom. The van der Waals surface area contributed by atoms with Gasteiger partial charge in [-0.05, 0) is 12.1 Å². The molecule has 0 amide bonds. The number of imidazole rings is 1. The Morgan fingerprint density at radius 3 is 2.96 bits per heavy atom. The van der Waals surface area contributed by atoms with Crippen LogP contribution in [0, 0.1) is 0 Å². The van der Waals surface area contributed by atoms with Crippen molar-refractivity contribution in [2.45, 2.75) is 16.9 Å². The maximum Gasteiger partial charge on any atom is 0.323 e. The van der Waals surface area contributed by atoms with E-state index in [0.717, 1.165) is 11.8 Å². The lowest BCUT2D eigenvalue weighted by Gasteiger charge is -2.03. The summed E-state index contributed by atoms with van der Waals surface area (Å²) >= 11 is 7.14. The van der Waals surface area contributed by atoms with Crippen molar-refractivity contribution in [1.29, 1.82) is 0 Å². The normalized spacial score (nSPS) is 11.4. The van der Waals surface area contributed by atoms with Gasteiger partial charge in [-0.2, -0.15) is 0 Å². The molecule has 0 saturated heterocycles. The van der Waals surface area contributed by atoms with Gasteiger partial charge >= 0.3 is 5.97 Å². The zero-order valence-corrected chi connectivity index (χ0v) is 14.0. The lowest BCUT2D eigenvalue weighted by Crippen LogP contribution is -2.10. The number of hydrogen-bond donors (Lipinski definition) is 2. The Labute approximate surface area is 148 Å². The van der Waals surface area contributed by atoms with Crippen molar-refractivity contribution in [2.24, 2.45) is 0 Å². The fourth-order valence-corrected chi connectivity index (χ4v) is 3.34. The highest BCUT2D eigenvalue weighted by Crippen LogP contribution is 2.34. The van der Waals surface area contributed by atoms with Gasteiger partial charge in [0.2, 0.25) is 0 Å². The molecule has 1 aromatic carbocycles. The molecule has 0 spiro atoms. The van der Waals surface area contributed by atoms with Crippen LogP contribution in [0.1, 0.15) is 0 Å². The van der Waals surface area contributed by atoms with Gasteiger partial charge in [-0.1, -0.05) is 17.7 Å². The molecule has 0 unspecified atom stereocenters.